The molecule has 0 fully saturated rings. The summed E-state index contributed by atoms with van der Waals surface area (Å²) < 4.78 is 95.5. The van der Waals surface area contributed by atoms with Gasteiger partial charge in [0.05, 0.1) is 13.2 Å². The number of aryl methyl sites for hydroxylation is 2. The Bertz CT molecular complexity index is 2820. The summed E-state index contributed by atoms with van der Waals surface area (Å²) in [6, 6.07) is 39.7. The van der Waals surface area contributed by atoms with Crippen molar-refractivity contribution in [1.29, 1.82) is 0 Å². The molecule has 3 heterocycles. The van der Waals surface area contributed by atoms with Crippen LogP contribution in [0.1, 0.15) is 49.8 Å². The quantitative estimate of drug-likeness (QED) is 0.162. The fourth-order valence-corrected chi connectivity index (χ4v) is 5.91. The first kappa shape index (κ1) is 26.5. The molecule has 0 aliphatic rings. The summed E-state index contributed by atoms with van der Waals surface area (Å²) in [6.45, 7) is -0.404. The summed E-state index contributed by atoms with van der Waals surface area (Å²) in [5, 5.41) is 1.67. The number of pyridine rings is 2. The van der Waals surface area contributed by atoms with Gasteiger partial charge in [-0.15, -0.1) is 54.1 Å². The van der Waals surface area contributed by atoms with Crippen molar-refractivity contribution in [3.8, 4) is 44.8 Å². The third kappa shape index (κ3) is 7.97. The maximum atomic E-state index is 12.5. The average Bonchev–Trinajstić information content (AvgIpc) is 3.60. The van der Waals surface area contributed by atoms with E-state index in [1.807, 2.05) is 72.8 Å². The molecule has 5 aromatic carbocycles. The predicted molar refractivity (Wildman–Crippen MR) is 208 cm³/mol. The zero-order valence-electron chi connectivity index (χ0n) is 37.6. The van der Waals surface area contributed by atoms with E-state index >= 15 is 0 Å². The van der Waals surface area contributed by atoms with Crippen molar-refractivity contribution in [3.63, 3.8) is 0 Å². The molecule has 0 aliphatic carbocycles. The Balaban J connectivity index is 0.000000378. The third-order valence-electron chi connectivity index (χ3n) is 8.15. The number of aromatic nitrogens is 2. The van der Waals surface area contributed by atoms with Crippen LogP contribution in [-0.2, 0) is 26.5 Å². The fraction of sp³-hybridized carbons (Fsp3) is 0.149. The van der Waals surface area contributed by atoms with Crippen molar-refractivity contribution < 1.29 is 41.2 Å². The van der Waals surface area contributed by atoms with E-state index in [1.54, 1.807) is 39.0 Å². The molecular formula is C47H39FIrN2O-2. The molecule has 1 radical (unpaired) electrons. The van der Waals surface area contributed by atoms with Gasteiger partial charge in [-0.2, -0.15) is 0 Å². The van der Waals surface area contributed by atoms with E-state index in [2.05, 4.69) is 22.1 Å². The maximum Gasteiger partial charge on any atom is 0.139 e. The Kier molecular flexibility index (Phi) is 7.95. The smallest absolute Gasteiger partial charge is 0.139 e. The number of para-hydroxylation sites is 1. The van der Waals surface area contributed by atoms with E-state index in [0.29, 0.717) is 16.7 Å². The minimum atomic E-state index is -2.79. The van der Waals surface area contributed by atoms with Gasteiger partial charge in [0.25, 0.3) is 0 Å². The standard InChI is InChI=1S/C36H32NO.C11H7FN.Ir/c1-23-19-25(21-36(3,4)5)17-18-27(23)32-20-33(37-22-24(32)2)31-16-10-15-30-29-14-9-13-28(34(29)38-35(30)31)26-11-7-6-8-12-26;12-10-6-7-11(13-8-10)9-4-2-1-3-5-9;/h6-15,17-20,22H,21H2,1-5H3;1-4,6-8H;/q2*-1;/i1D3,2D3,18D,21D2;;. The molecule has 0 unspecified atom stereocenters. The van der Waals surface area contributed by atoms with E-state index in [-0.39, 0.29) is 65.5 Å². The van der Waals surface area contributed by atoms with Crippen molar-refractivity contribution in [2.45, 2.75) is 40.8 Å². The van der Waals surface area contributed by atoms with Crippen molar-refractivity contribution >= 4 is 21.9 Å². The number of hydrogen-bond acceptors (Lipinski definition) is 3. The number of furan rings is 1. The van der Waals surface area contributed by atoms with Crippen molar-refractivity contribution in [2.24, 2.45) is 5.41 Å². The van der Waals surface area contributed by atoms with Crippen LogP contribution in [0.15, 0.2) is 138 Å². The third-order valence-corrected chi connectivity index (χ3v) is 8.15. The largest absolute Gasteiger partial charge is 0.500 e. The van der Waals surface area contributed by atoms with Crippen molar-refractivity contribution in [3.05, 3.63) is 168 Å². The van der Waals surface area contributed by atoms with Crippen LogP contribution in [0.2, 0.25) is 0 Å². The monoisotopic (exact) mass is 868 g/mol. The van der Waals surface area contributed by atoms with E-state index in [1.165, 1.54) is 36.7 Å². The van der Waals surface area contributed by atoms with Gasteiger partial charge in [-0.1, -0.05) is 111 Å². The molecular weight excluding hydrogens is 820 g/mol. The molecule has 52 heavy (non-hydrogen) atoms. The zero-order chi connectivity index (χ0) is 43.2. The van der Waals surface area contributed by atoms with Gasteiger partial charge < -0.3 is 14.4 Å². The average molecular weight is 868 g/mol. The molecule has 5 heteroatoms. The van der Waals surface area contributed by atoms with Crippen LogP contribution in [0.4, 0.5) is 4.39 Å². The second-order valence-electron chi connectivity index (χ2n) is 13.1. The molecule has 261 valence electrons. The molecule has 0 N–H and O–H groups in total. The molecule has 3 aromatic heterocycles. The van der Waals surface area contributed by atoms with Crippen LogP contribution in [0.3, 0.4) is 0 Å². The van der Waals surface area contributed by atoms with Gasteiger partial charge in [-0.05, 0) is 76.3 Å². The van der Waals surface area contributed by atoms with Gasteiger partial charge in [0.15, 0.2) is 0 Å². The Morgan fingerprint density at radius 1 is 0.731 bits per heavy atom. The molecule has 0 spiro atoms. The molecule has 3 nitrogen and oxygen atoms in total. The minimum Gasteiger partial charge on any atom is -0.500 e. The normalized spacial score (nSPS) is 14.5. The minimum absolute atomic E-state index is 0. The molecule has 0 saturated carbocycles. The van der Waals surface area contributed by atoms with Gasteiger partial charge in [0.1, 0.15) is 11.4 Å². The van der Waals surface area contributed by atoms with Gasteiger partial charge in [-0.3, -0.25) is 0 Å². The summed E-state index contributed by atoms with van der Waals surface area (Å²) in [4.78, 5) is 8.44. The summed E-state index contributed by atoms with van der Waals surface area (Å²) in [6.07, 6.45) is 0.408. The molecule has 0 bridgehead atoms. The molecule has 0 aliphatic heterocycles. The number of fused-ring (bicyclic) bond motifs is 3. The van der Waals surface area contributed by atoms with Crippen LogP contribution < -0.4 is 0 Å². The number of nitrogens with zero attached hydrogens (tertiary/aromatic N) is 2. The Labute approximate surface area is 331 Å². The SMILES string of the molecule is Fc1ccc(-c2[c-]cccc2)nc1.[2H]c1cc(C([2H])([2H])C(C)(C)C)cc(C([2H])([2H])[2H])c1-c1cc(-c2[c-]ccc3c2oc2c(-c4ccccc4)cccc23)ncc1C([2H])([2H])[2H].[Ir]. The summed E-state index contributed by atoms with van der Waals surface area (Å²) in [5.41, 5.74) is 3.81. The van der Waals surface area contributed by atoms with Crippen LogP contribution in [0.25, 0.3) is 66.7 Å². The summed E-state index contributed by atoms with van der Waals surface area (Å²) in [7, 11) is 0. The second-order valence-corrected chi connectivity index (χ2v) is 13.1. The first-order chi connectivity index (χ1) is 28.3. The maximum absolute atomic E-state index is 12.5. The van der Waals surface area contributed by atoms with Gasteiger partial charge in [-0.25, -0.2) is 4.39 Å². The van der Waals surface area contributed by atoms with Crippen molar-refractivity contribution in [1.82, 2.24) is 9.97 Å². The van der Waals surface area contributed by atoms with Crippen molar-refractivity contribution in [2.75, 3.05) is 0 Å². The molecule has 8 rings (SSSR count). The molecule has 0 amide bonds. The van der Waals surface area contributed by atoms with Crippen LogP contribution in [0.5, 0.6) is 0 Å². The van der Waals surface area contributed by atoms with Gasteiger partial charge in [0, 0.05) is 48.2 Å². The summed E-state index contributed by atoms with van der Waals surface area (Å²) >= 11 is 0. The van der Waals surface area contributed by atoms with E-state index in [9.17, 15) is 4.39 Å². The van der Waals surface area contributed by atoms with Crippen LogP contribution in [0, 0.1) is 37.1 Å². The number of halogens is 1. The first-order valence-electron chi connectivity index (χ1n) is 20.9. The van der Waals surface area contributed by atoms with Gasteiger partial charge >= 0.3 is 0 Å². The molecule has 8 aromatic rings. The fourth-order valence-electron chi connectivity index (χ4n) is 5.91. The van der Waals surface area contributed by atoms with E-state index < -0.39 is 25.5 Å². The van der Waals surface area contributed by atoms with Crippen LogP contribution >= 0.6 is 0 Å². The number of benzene rings is 5. The Hall–Kier alpha value is -5.22. The Morgan fingerprint density at radius 2 is 1.52 bits per heavy atom. The number of hydrogen-bond donors (Lipinski definition) is 0. The first-order valence-corrected chi connectivity index (χ1v) is 16.4. The molecule has 0 saturated heterocycles. The van der Waals surface area contributed by atoms with Crippen LogP contribution in [-0.4, -0.2) is 9.97 Å². The van der Waals surface area contributed by atoms with Gasteiger partial charge in [0.2, 0.25) is 0 Å². The Morgan fingerprint density at radius 3 is 2.25 bits per heavy atom. The summed E-state index contributed by atoms with van der Waals surface area (Å²) in [5.74, 6) is -0.320. The van der Waals surface area contributed by atoms with E-state index in [4.69, 9.17) is 16.8 Å². The van der Waals surface area contributed by atoms with E-state index in [0.717, 1.165) is 33.2 Å². The second kappa shape index (κ2) is 15.6. The molecule has 0 atom stereocenters. The number of rotatable bonds is 5. The zero-order valence-corrected chi connectivity index (χ0v) is 31.0. The predicted octanol–water partition coefficient (Wildman–Crippen LogP) is 12.7. The topological polar surface area (TPSA) is 38.9 Å².